The minimum atomic E-state index is 0.0387. The largest absolute Gasteiger partial charge is 0.334 e. The van der Waals surface area contributed by atoms with E-state index in [-0.39, 0.29) is 11.9 Å². The molecule has 1 aliphatic heterocycles. The number of piperazine rings is 1. The summed E-state index contributed by atoms with van der Waals surface area (Å²) in [6.45, 7) is 4.17. The van der Waals surface area contributed by atoms with Gasteiger partial charge in [-0.15, -0.1) is 11.3 Å². The minimum Gasteiger partial charge on any atom is -0.334 e. The maximum absolute atomic E-state index is 12.4. The van der Waals surface area contributed by atoms with Crippen molar-refractivity contribution >= 4 is 17.2 Å². The van der Waals surface area contributed by atoms with Gasteiger partial charge in [0.25, 0.3) is 5.91 Å². The summed E-state index contributed by atoms with van der Waals surface area (Å²) in [5.41, 5.74) is 1.79. The Morgan fingerprint density at radius 2 is 2.20 bits per heavy atom. The Labute approximate surface area is 122 Å². The van der Waals surface area contributed by atoms with Crippen LogP contribution in [0.1, 0.15) is 27.1 Å². The van der Waals surface area contributed by atoms with Gasteiger partial charge in [-0.1, -0.05) is 30.3 Å². The molecule has 1 aromatic carbocycles. The van der Waals surface area contributed by atoms with Gasteiger partial charge in [-0.05, 0) is 12.5 Å². The lowest BCUT2D eigenvalue weighted by atomic mass is 10.0. The summed E-state index contributed by atoms with van der Waals surface area (Å²) < 4.78 is 0. The van der Waals surface area contributed by atoms with Crippen molar-refractivity contribution in [2.45, 2.75) is 13.0 Å². The maximum atomic E-state index is 12.4. The van der Waals surface area contributed by atoms with Gasteiger partial charge in [-0.2, -0.15) is 0 Å². The van der Waals surface area contributed by atoms with Gasteiger partial charge in [-0.25, -0.2) is 4.98 Å². The first-order valence-corrected chi connectivity index (χ1v) is 7.62. The van der Waals surface area contributed by atoms with Crippen molar-refractivity contribution in [2.75, 3.05) is 19.6 Å². The van der Waals surface area contributed by atoms with E-state index in [1.807, 2.05) is 35.4 Å². The molecule has 1 aromatic heterocycles. The third kappa shape index (κ3) is 2.73. The molecule has 1 aliphatic rings. The molecular weight excluding hydrogens is 270 g/mol. The van der Waals surface area contributed by atoms with E-state index in [9.17, 15) is 4.79 Å². The highest BCUT2D eigenvalue weighted by Crippen LogP contribution is 2.19. The number of carbonyl (C=O) groups is 1. The van der Waals surface area contributed by atoms with E-state index >= 15 is 0 Å². The topological polar surface area (TPSA) is 45.2 Å². The Morgan fingerprint density at radius 1 is 1.40 bits per heavy atom. The predicted octanol–water partition coefficient (Wildman–Crippen LogP) is 2.24. The molecule has 0 saturated carbocycles. The average molecular weight is 287 g/mol. The Kier molecular flexibility index (Phi) is 3.80. The maximum Gasteiger partial charge on any atom is 0.273 e. The molecule has 0 unspecified atom stereocenters. The highest BCUT2D eigenvalue weighted by atomic mass is 32.1. The van der Waals surface area contributed by atoms with Crippen molar-refractivity contribution in [3.8, 4) is 0 Å². The second-order valence-corrected chi connectivity index (χ2v) is 5.98. The third-order valence-electron chi connectivity index (χ3n) is 3.50. The van der Waals surface area contributed by atoms with Crippen LogP contribution in [-0.2, 0) is 0 Å². The van der Waals surface area contributed by atoms with E-state index in [1.165, 1.54) is 16.9 Å². The number of aromatic nitrogens is 1. The molecular formula is C15H17N3OS. The number of nitrogens with one attached hydrogen (secondary N) is 1. The van der Waals surface area contributed by atoms with Crippen LogP contribution in [0, 0.1) is 6.92 Å². The Bertz CT molecular complexity index is 596. The number of benzene rings is 1. The van der Waals surface area contributed by atoms with Crippen LogP contribution in [0.3, 0.4) is 0 Å². The predicted molar refractivity (Wildman–Crippen MR) is 79.9 cm³/mol. The van der Waals surface area contributed by atoms with Crippen LogP contribution in [0.2, 0.25) is 0 Å². The normalized spacial score (nSPS) is 19.1. The summed E-state index contributed by atoms with van der Waals surface area (Å²) in [7, 11) is 0. The molecule has 5 heteroatoms. The molecule has 1 saturated heterocycles. The van der Waals surface area contributed by atoms with E-state index in [1.54, 1.807) is 0 Å². The molecule has 0 radical (unpaired) electrons. The highest BCUT2D eigenvalue weighted by molar-refractivity contribution is 7.09. The quantitative estimate of drug-likeness (QED) is 0.921. The molecule has 1 fully saturated rings. The second-order valence-electron chi connectivity index (χ2n) is 4.92. The van der Waals surface area contributed by atoms with E-state index in [0.29, 0.717) is 12.2 Å². The molecule has 20 heavy (non-hydrogen) atoms. The second kappa shape index (κ2) is 5.73. The van der Waals surface area contributed by atoms with Crippen LogP contribution < -0.4 is 5.32 Å². The summed E-state index contributed by atoms with van der Waals surface area (Å²) in [6, 6.07) is 10.5. The summed E-state index contributed by atoms with van der Waals surface area (Å²) in [5.74, 6) is 0.0387. The monoisotopic (exact) mass is 287 g/mol. The lowest BCUT2D eigenvalue weighted by molar-refractivity contribution is 0.0697. The number of rotatable bonds is 2. The molecule has 2 heterocycles. The van der Waals surface area contributed by atoms with Gasteiger partial charge in [-0.3, -0.25) is 4.79 Å². The summed E-state index contributed by atoms with van der Waals surface area (Å²) in [6.07, 6.45) is 0. The Balaban J connectivity index is 1.74. The van der Waals surface area contributed by atoms with Crippen molar-refractivity contribution in [2.24, 2.45) is 0 Å². The van der Waals surface area contributed by atoms with Gasteiger partial charge in [0.2, 0.25) is 0 Å². The van der Waals surface area contributed by atoms with E-state index < -0.39 is 0 Å². The fraction of sp³-hybridized carbons (Fsp3) is 0.333. The van der Waals surface area contributed by atoms with Crippen LogP contribution in [0.4, 0.5) is 0 Å². The van der Waals surface area contributed by atoms with Gasteiger partial charge in [0.05, 0.1) is 5.01 Å². The zero-order chi connectivity index (χ0) is 13.9. The van der Waals surface area contributed by atoms with Crippen molar-refractivity contribution < 1.29 is 4.79 Å². The van der Waals surface area contributed by atoms with Crippen LogP contribution in [0.5, 0.6) is 0 Å². The van der Waals surface area contributed by atoms with Crippen LogP contribution >= 0.6 is 11.3 Å². The van der Waals surface area contributed by atoms with Gasteiger partial charge in [0, 0.05) is 31.1 Å². The standard InChI is InChI=1S/C15H17N3OS/c1-11-17-14(10-20-11)15(19)18-8-7-16-13(9-18)12-5-3-2-4-6-12/h2-6,10,13,16H,7-9H2,1H3/t13-/m0/s1. The lowest BCUT2D eigenvalue weighted by Gasteiger charge is -2.33. The van der Waals surface area contributed by atoms with E-state index in [0.717, 1.165) is 18.1 Å². The molecule has 1 amide bonds. The number of aryl methyl sites for hydroxylation is 1. The third-order valence-corrected chi connectivity index (χ3v) is 4.28. The number of thiazole rings is 1. The smallest absolute Gasteiger partial charge is 0.273 e. The fourth-order valence-electron chi connectivity index (χ4n) is 2.47. The molecule has 0 bridgehead atoms. The van der Waals surface area contributed by atoms with E-state index in [4.69, 9.17) is 0 Å². The Hall–Kier alpha value is -1.72. The number of amides is 1. The Morgan fingerprint density at radius 3 is 2.90 bits per heavy atom. The molecule has 104 valence electrons. The fourth-order valence-corrected chi connectivity index (χ4v) is 3.05. The summed E-state index contributed by atoms with van der Waals surface area (Å²) in [4.78, 5) is 18.6. The molecule has 3 rings (SSSR count). The number of hydrogen-bond donors (Lipinski definition) is 1. The van der Waals surface area contributed by atoms with Crippen LogP contribution in [0.25, 0.3) is 0 Å². The molecule has 1 atom stereocenters. The molecule has 1 N–H and O–H groups in total. The first kappa shape index (κ1) is 13.3. The van der Waals surface area contributed by atoms with Crippen molar-refractivity contribution in [1.29, 1.82) is 0 Å². The van der Waals surface area contributed by atoms with Gasteiger partial charge in [0.15, 0.2) is 0 Å². The van der Waals surface area contributed by atoms with E-state index in [2.05, 4.69) is 22.4 Å². The molecule has 0 spiro atoms. The number of nitrogens with zero attached hydrogens (tertiary/aromatic N) is 2. The van der Waals surface area contributed by atoms with Crippen molar-refractivity contribution in [3.05, 3.63) is 52.0 Å². The zero-order valence-electron chi connectivity index (χ0n) is 11.4. The van der Waals surface area contributed by atoms with Gasteiger partial charge >= 0.3 is 0 Å². The number of hydrogen-bond acceptors (Lipinski definition) is 4. The summed E-state index contributed by atoms with van der Waals surface area (Å²) in [5, 5.41) is 6.24. The van der Waals surface area contributed by atoms with Crippen LogP contribution in [-0.4, -0.2) is 35.4 Å². The van der Waals surface area contributed by atoms with Gasteiger partial charge < -0.3 is 10.2 Å². The molecule has 4 nitrogen and oxygen atoms in total. The zero-order valence-corrected chi connectivity index (χ0v) is 12.2. The summed E-state index contributed by atoms with van der Waals surface area (Å²) >= 11 is 1.52. The molecule has 2 aromatic rings. The molecule has 0 aliphatic carbocycles. The SMILES string of the molecule is Cc1nc(C(=O)N2CCN[C@H](c3ccccc3)C2)cs1. The van der Waals surface area contributed by atoms with Crippen molar-refractivity contribution in [3.63, 3.8) is 0 Å². The van der Waals surface area contributed by atoms with Gasteiger partial charge in [0.1, 0.15) is 5.69 Å². The first-order valence-electron chi connectivity index (χ1n) is 6.74. The number of carbonyl (C=O) groups excluding carboxylic acids is 1. The average Bonchev–Trinajstić information content (AvgIpc) is 2.94. The highest BCUT2D eigenvalue weighted by Gasteiger charge is 2.26. The lowest BCUT2D eigenvalue weighted by Crippen LogP contribution is -2.48. The van der Waals surface area contributed by atoms with Crippen molar-refractivity contribution in [1.82, 2.24) is 15.2 Å². The minimum absolute atomic E-state index is 0.0387. The first-order chi connectivity index (χ1) is 9.74. The van der Waals surface area contributed by atoms with Crippen LogP contribution in [0.15, 0.2) is 35.7 Å².